The van der Waals surface area contributed by atoms with Crippen LogP contribution < -0.4 is 10.2 Å². The summed E-state index contributed by atoms with van der Waals surface area (Å²) in [6.07, 6.45) is 2.21. The summed E-state index contributed by atoms with van der Waals surface area (Å²) in [5.41, 5.74) is 0. The Morgan fingerprint density at radius 3 is 2.65 bits per heavy atom. The molecule has 0 atom stereocenters. The maximum absolute atomic E-state index is 13.7. The van der Waals surface area contributed by atoms with Gasteiger partial charge in [0.15, 0.2) is 11.6 Å². The third kappa shape index (κ3) is 3.54. The Balaban J connectivity index is 2.96. The molecule has 5 heteroatoms. The standard InChI is InChI=1S/C12H21FN4/c1-5-7-14-12-15-8-10(13)11(16-12)17(6-2)9(3)4/h8-9H,5-7H2,1-4H3,(H,14,15,16). The van der Waals surface area contributed by atoms with E-state index in [1.807, 2.05) is 25.7 Å². The molecule has 17 heavy (non-hydrogen) atoms. The summed E-state index contributed by atoms with van der Waals surface area (Å²) in [6.45, 7) is 9.59. The van der Waals surface area contributed by atoms with Gasteiger partial charge in [-0.15, -0.1) is 0 Å². The van der Waals surface area contributed by atoms with Crippen LogP contribution in [-0.2, 0) is 0 Å². The van der Waals surface area contributed by atoms with Gasteiger partial charge in [0.05, 0.1) is 6.20 Å². The van der Waals surface area contributed by atoms with E-state index >= 15 is 0 Å². The van der Waals surface area contributed by atoms with Crippen molar-refractivity contribution in [1.29, 1.82) is 0 Å². The molecular formula is C12H21FN4. The monoisotopic (exact) mass is 240 g/mol. The topological polar surface area (TPSA) is 41.1 Å². The van der Waals surface area contributed by atoms with Gasteiger partial charge in [-0.3, -0.25) is 0 Å². The minimum absolute atomic E-state index is 0.212. The molecule has 0 radical (unpaired) electrons. The van der Waals surface area contributed by atoms with E-state index in [1.54, 1.807) is 0 Å². The quantitative estimate of drug-likeness (QED) is 0.830. The molecule has 0 amide bonds. The lowest BCUT2D eigenvalue weighted by atomic mass is 10.3. The van der Waals surface area contributed by atoms with Crippen molar-refractivity contribution in [3.8, 4) is 0 Å². The van der Waals surface area contributed by atoms with Crippen molar-refractivity contribution in [2.75, 3.05) is 23.3 Å². The van der Waals surface area contributed by atoms with Crippen LogP contribution in [0.2, 0.25) is 0 Å². The summed E-state index contributed by atoms with van der Waals surface area (Å²) >= 11 is 0. The Kier molecular flexibility index (Phi) is 5.12. The molecule has 0 aliphatic heterocycles. The molecule has 0 fully saturated rings. The molecule has 1 N–H and O–H groups in total. The van der Waals surface area contributed by atoms with Gasteiger partial charge in [0.1, 0.15) is 0 Å². The highest BCUT2D eigenvalue weighted by Gasteiger charge is 2.16. The van der Waals surface area contributed by atoms with Crippen LogP contribution in [0.25, 0.3) is 0 Å². The molecule has 1 rings (SSSR count). The van der Waals surface area contributed by atoms with Gasteiger partial charge in [-0.25, -0.2) is 9.37 Å². The van der Waals surface area contributed by atoms with Crippen molar-refractivity contribution in [2.45, 2.75) is 40.2 Å². The smallest absolute Gasteiger partial charge is 0.224 e. The van der Waals surface area contributed by atoms with Crippen LogP contribution in [0.15, 0.2) is 6.20 Å². The predicted molar refractivity (Wildman–Crippen MR) is 68.9 cm³/mol. The number of halogens is 1. The minimum Gasteiger partial charge on any atom is -0.354 e. The van der Waals surface area contributed by atoms with Gasteiger partial charge in [-0.1, -0.05) is 6.92 Å². The molecule has 0 spiro atoms. The molecule has 0 aromatic carbocycles. The van der Waals surface area contributed by atoms with E-state index in [4.69, 9.17) is 0 Å². The first-order valence-corrected chi connectivity index (χ1v) is 6.13. The molecule has 0 unspecified atom stereocenters. The molecule has 0 aliphatic carbocycles. The molecule has 96 valence electrons. The lowest BCUT2D eigenvalue weighted by Gasteiger charge is -2.26. The average molecular weight is 240 g/mol. The highest BCUT2D eigenvalue weighted by atomic mass is 19.1. The van der Waals surface area contributed by atoms with E-state index in [0.717, 1.165) is 19.5 Å². The van der Waals surface area contributed by atoms with Gasteiger partial charge in [0.25, 0.3) is 0 Å². The normalized spacial score (nSPS) is 10.7. The van der Waals surface area contributed by atoms with Crippen molar-refractivity contribution in [2.24, 2.45) is 0 Å². The van der Waals surface area contributed by atoms with E-state index in [9.17, 15) is 4.39 Å². The third-order valence-corrected chi connectivity index (χ3v) is 2.49. The van der Waals surface area contributed by atoms with E-state index in [2.05, 4.69) is 22.2 Å². The average Bonchev–Trinajstić information content (AvgIpc) is 2.30. The summed E-state index contributed by atoms with van der Waals surface area (Å²) in [5, 5.41) is 3.06. The van der Waals surface area contributed by atoms with Crippen LogP contribution in [0.4, 0.5) is 16.2 Å². The third-order valence-electron chi connectivity index (χ3n) is 2.49. The molecule has 0 aliphatic rings. The number of rotatable bonds is 6. The van der Waals surface area contributed by atoms with Gasteiger partial charge in [0.2, 0.25) is 5.95 Å². The Morgan fingerprint density at radius 1 is 1.41 bits per heavy atom. The van der Waals surface area contributed by atoms with Gasteiger partial charge < -0.3 is 10.2 Å². The van der Waals surface area contributed by atoms with Crippen LogP contribution in [0, 0.1) is 5.82 Å². The minimum atomic E-state index is -0.373. The lowest BCUT2D eigenvalue weighted by molar-refractivity contribution is 0.588. The molecule has 0 bridgehead atoms. The second-order valence-electron chi connectivity index (χ2n) is 4.17. The lowest BCUT2D eigenvalue weighted by Crippen LogP contribution is -2.32. The second kappa shape index (κ2) is 6.37. The summed E-state index contributed by atoms with van der Waals surface area (Å²) in [6, 6.07) is 0.212. The Bertz CT molecular complexity index is 354. The van der Waals surface area contributed by atoms with Crippen molar-refractivity contribution in [1.82, 2.24) is 9.97 Å². The van der Waals surface area contributed by atoms with Gasteiger partial charge in [-0.05, 0) is 27.2 Å². The number of aromatic nitrogens is 2. The van der Waals surface area contributed by atoms with Gasteiger partial charge in [0, 0.05) is 19.1 Å². The molecule has 4 nitrogen and oxygen atoms in total. The number of anilines is 2. The SMILES string of the molecule is CCCNc1ncc(F)c(N(CC)C(C)C)n1. The Labute approximate surface area is 102 Å². The molecule has 0 saturated heterocycles. The number of nitrogens with zero attached hydrogens (tertiary/aromatic N) is 3. The number of nitrogens with one attached hydrogen (secondary N) is 1. The van der Waals surface area contributed by atoms with E-state index < -0.39 is 0 Å². The van der Waals surface area contributed by atoms with Crippen molar-refractivity contribution >= 4 is 11.8 Å². The van der Waals surface area contributed by atoms with Crippen molar-refractivity contribution in [3.63, 3.8) is 0 Å². The predicted octanol–water partition coefficient (Wildman–Crippen LogP) is 2.67. The van der Waals surface area contributed by atoms with Crippen LogP contribution in [-0.4, -0.2) is 29.1 Å². The fraction of sp³-hybridized carbons (Fsp3) is 0.667. The van der Waals surface area contributed by atoms with E-state index in [1.165, 1.54) is 6.20 Å². The molecule has 1 heterocycles. The van der Waals surface area contributed by atoms with Crippen LogP contribution in [0.3, 0.4) is 0 Å². The maximum atomic E-state index is 13.7. The number of hydrogen-bond donors (Lipinski definition) is 1. The van der Waals surface area contributed by atoms with Crippen LogP contribution in [0.1, 0.15) is 34.1 Å². The first-order valence-electron chi connectivity index (χ1n) is 6.13. The zero-order chi connectivity index (χ0) is 12.8. The number of hydrogen-bond acceptors (Lipinski definition) is 4. The highest BCUT2D eigenvalue weighted by Crippen LogP contribution is 2.19. The first kappa shape index (κ1) is 13.7. The fourth-order valence-corrected chi connectivity index (χ4v) is 1.64. The molecule has 1 aromatic rings. The summed E-state index contributed by atoms with van der Waals surface area (Å²) in [4.78, 5) is 10.1. The van der Waals surface area contributed by atoms with Gasteiger partial charge >= 0.3 is 0 Å². The van der Waals surface area contributed by atoms with Gasteiger partial charge in [-0.2, -0.15) is 4.98 Å². The first-order chi connectivity index (χ1) is 8.10. The highest BCUT2D eigenvalue weighted by molar-refractivity contribution is 5.44. The summed E-state index contributed by atoms with van der Waals surface area (Å²) in [5.74, 6) is 0.487. The fourth-order valence-electron chi connectivity index (χ4n) is 1.64. The summed E-state index contributed by atoms with van der Waals surface area (Å²) in [7, 11) is 0. The molecular weight excluding hydrogens is 219 g/mol. The zero-order valence-corrected chi connectivity index (χ0v) is 11.0. The Morgan fingerprint density at radius 2 is 2.12 bits per heavy atom. The van der Waals surface area contributed by atoms with Crippen LogP contribution >= 0.6 is 0 Å². The van der Waals surface area contributed by atoms with E-state index in [-0.39, 0.29) is 11.9 Å². The zero-order valence-electron chi connectivity index (χ0n) is 11.0. The summed E-state index contributed by atoms with van der Waals surface area (Å²) < 4.78 is 13.7. The maximum Gasteiger partial charge on any atom is 0.224 e. The van der Waals surface area contributed by atoms with Crippen molar-refractivity contribution < 1.29 is 4.39 Å². The van der Waals surface area contributed by atoms with Crippen LogP contribution in [0.5, 0.6) is 0 Å². The van der Waals surface area contributed by atoms with Crippen molar-refractivity contribution in [3.05, 3.63) is 12.0 Å². The molecule has 0 saturated carbocycles. The molecule has 1 aromatic heterocycles. The van der Waals surface area contributed by atoms with E-state index in [0.29, 0.717) is 11.8 Å². The Hall–Kier alpha value is -1.39. The second-order valence-corrected chi connectivity index (χ2v) is 4.17. The largest absolute Gasteiger partial charge is 0.354 e.